The summed E-state index contributed by atoms with van der Waals surface area (Å²) in [6, 6.07) is 7.72. The molecule has 0 unspecified atom stereocenters. The summed E-state index contributed by atoms with van der Waals surface area (Å²) in [5.41, 5.74) is 0.923. The smallest absolute Gasteiger partial charge is 0.243 e. The van der Waals surface area contributed by atoms with Crippen LogP contribution in [0.3, 0.4) is 0 Å². The van der Waals surface area contributed by atoms with Crippen molar-refractivity contribution < 1.29 is 9.53 Å². The first-order valence-corrected chi connectivity index (χ1v) is 7.54. The Morgan fingerprint density at radius 2 is 2.15 bits per heavy atom. The van der Waals surface area contributed by atoms with Gasteiger partial charge in [-0.15, -0.1) is 0 Å². The number of hydrogen-bond acceptors (Lipinski definition) is 5. The molecule has 2 aromatic rings. The quantitative estimate of drug-likeness (QED) is 0.939. The van der Waals surface area contributed by atoms with Crippen LogP contribution in [-0.4, -0.2) is 48.1 Å². The standard InChI is InChI=1S/C14H17N3O2S/c1-10(17-6-8-19-9-7-17)13(18)16-14-15-11-4-2-3-5-12(11)20-14/h2-5,10H,6-9H2,1H3,(H,15,16,18)/t10-/m0/s1. The molecule has 1 aliphatic heterocycles. The summed E-state index contributed by atoms with van der Waals surface area (Å²) in [6.45, 7) is 4.91. The van der Waals surface area contributed by atoms with E-state index in [4.69, 9.17) is 4.74 Å². The number of nitrogens with zero attached hydrogens (tertiary/aromatic N) is 2. The van der Waals surface area contributed by atoms with Gasteiger partial charge in [0.1, 0.15) is 0 Å². The van der Waals surface area contributed by atoms with Gasteiger partial charge in [-0.2, -0.15) is 0 Å². The van der Waals surface area contributed by atoms with Crippen LogP contribution in [0.4, 0.5) is 5.13 Å². The molecule has 3 rings (SSSR count). The zero-order chi connectivity index (χ0) is 13.9. The Kier molecular flexibility index (Phi) is 3.95. The molecule has 0 saturated carbocycles. The van der Waals surface area contributed by atoms with Crippen molar-refractivity contribution in [1.29, 1.82) is 0 Å². The minimum atomic E-state index is -0.161. The highest BCUT2D eigenvalue weighted by Gasteiger charge is 2.23. The van der Waals surface area contributed by atoms with Crippen molar-refractivity contribution >= 4 is 32.6 Å². The van der Waals surface area contributed by atoms with Crippen molar-refractivity contribution in [2.75, 3.05) is 31.6 Å². The largest absolute Gasteiger partial charge is 0.379 e. The highest BCUT2D eigenvalue weighted by atomic mass is 32.1. The molecule has 6 heteroatoms. The molecular weight excluding hydrogens is 274 g/mol. The monoisotopic (exact) mass is 291 g/mol. The van der Waals surface area contributed by atoms with Gasteiger partial charge in [0.05, 0.1) is 29.5 Å². The second kappa shape index (κ2) is 5.87. The van der Waals surface area contributed by atoms with Gasteiger partial charge in [-0.1, -0.05) is 23.5 Å². The fraction of sp³-hybridized carbons (Fsp3) is 0.429. The van der Waals surface area contributed by atoms with E-state index in [1.54, 1.807) is 0 Å². The Morgan fingerprint density at radius 1 is 1.40 bits per heavy atom. The Morgan fingerprint density at radius 3 is 2.90 bits per heavy atom. The first kappa shape index (κ1) is 13.5. The van der Waals surface area contributed by atoms with Crippen LogP contribution in [0.5, 0.6) is 0 Å². The van der Waals surface area contributed by atoms with Gasteiger partial charge >= 0.3 is 0 Å². The molecule has 0 bridgehead atoms. The van der Waals surface area contributed by atoms with Crippen molar-refractivity contribution in [2.24, 2.45) is 0 Å². The molecule has 1 aromatic heterocycles. The number of carbonyl (C=O) groups is 1. The molecule has 1 amide bonds. The number of ether oxygens (including phenoxy) is 1. The zero-order valence-corrected chi connectivity index (χ0v) is 12.2. The summed E-state index contributed by atoms with van der Waals surface area (Å²) >= 11 is 1.50. The number of aromatic nitrogens is 1. The van der Waals surface area contributed by atoms with Crippen LogP contribution in [0.1, 0.15) is 6.92 Å². The van der Waals surface area contributed by atoms with Crippen LogP contribution in [0.2, 0.25) is 0 Å². The average molecular weight is 291 g/mol. The summed E-state index contributed by atoms with van der Waals surface area (Å²) in [4.78, 5) is 18.8. The number of morpholine rings is 1. The average Bonchev–Trinajstić information content (AvgIpc) is 2.89. The predicted molar refractivity (Wildman–Crippen MR) is 80.1 cm³/mol. The summed E-state index contributed by atoms with van der Waals surface area (Å²) in [7, 11) is 0. The molecule has 0 radical (unpaired) electrons. The van der Waals surface area contributed by atoms with Gasteiger partial charge in [0.15, 0.2) is 5.13 Å². The van der Waals surface area contributed by atoms with E-state index in [9.17, 15) is 4.79 Å². The summed E-state index contributed by atoms with van der Waals surface area (Å²) in [6.07, 6.45) is 0. The molecule has 1 N–H and O–H groups in total. The van der Waals surface area contributed by atoms with Crippen molar-refractivity contribution in [3.8, 4) is 0 Å². The fourth-order valence-corrected chi connectivity index (χ4v) is 3.13. The van der Waals surface area contributed by atoms with E-state index in [1.807, 2.05) is 31.2 Å². The van der Waals surface area contributed by atoms with Crippen LogP contribution >= 0.6 is 11.3 Å². The fourth-order valence-electron chi connectivity index (χ4n) is 2.27. The number of benzene rings is 1. The number of amides is 1. The van der Waals surface area contributed by atoms with Gasteiger partial charge in [0.2, 0.25) is 5.91 Å². The molecule has 1 aromatic carbocycles. The first-order valence-electron chi connectivity index (χ1n) is 6.72. The van der Waals surface area contributed by atoms with Crippen LogP contribution in [0.15, 0.2) is 24.3 Å². The van der Waals surface area contributed by atoms with Gasteiger partial charge in [-0.25, -0.2) is 4.98 Å². The third-order valence-corrected chi connectivity index (χ3v) is 4.45. The first-order chi connectivity index (χ1) is 9.74. The zero-order valence-electron chi connectivity index (χ0n) is 11.3. The van der Waals surface area contributed by atoms with Crippen LogP contribution in [-0.2, 0) is 9.53 Å². The van der Waals surface area contributed by atoms with E-state index in [0.717, 1.165) is 23.3 Å². The van der Waals surface area contributed by atoms with Gasteiger partial charge in [0.25, 0.3) is 0 Å². The maximum absolute atomic E-state index is 12.3. The summed E-state index contributed by atoms with van der Waals surface area (Å²) < 4.78 is 6.39. The van der Waals surface area contributed by atoms with Crippen LogP contribution in [0, 0.1) is 0 Å². The van der Waals surface area contributed by atoms with E-state index >= 15 is 0 Å². The van der Waals surface area contributed by atoms with E-state index in [1.165, 1.54) is 11.3 Å². The van der Waals surface area contributed by atoms with Crippen LogP contribution in [0.25, 0.3) is 10.2 Å². The molecule has 5 nitrogen and oxygen atoms in total. The number of nitrogens with one attached hydrogen (secondary N) is 1. The van der Waals surface area contributed by atoms with E-state index < -0.39 is 0 Å². The van der Waals surface area contributed by atoms with E-state index in [-0.39, 0.29) is 11.9 Å². The Bertz CT molecular complexity index is 574. The molecule has 1 saturated heterocycles. The van der Waals surface area contributed by atoms with Crippen molar-refractivity contribution in [1.82, 2.24) is 9.88 Å². The Balaban J connectivity index is 1.68. The molecular formula is C14H17N3O2S. The second-order valence-electron chi connectivity index (χ2n) is 4.80. The van der Waals surface area contributed by atoms with Gasteiger partial charge in [-0.3, -0.25) is 9.69 Å². The number of hydrogen-bond donors (Lipinski definition) is 1. The molecule has 2 heterocycles. The lowest BCUT2D eigenvalue weighted by Gasteiger charge is -2.31. The normalized spacial score (nSPS) is 18.1. The third kappa shape index (κ3) is 2.82. The molecule has 1 fully saturated rings. The predicted octanol–water partition coefficient (Wildman–Crippen LogP) is 1.96. The molecule has 1 aliphatic rings. The highest BCUT2D eigenvalue weighted by molar-refractivity contribution is 7.22. The third-order valence-electron chi connectivity index (χ3n) is 3.50. The number of rotatable bonds is 3. The number of thiazole rings is 1. The van der Waals surface area contributed by atoms with Gasteiger partial charge in [-0.05, 0) is 19.1 Å². The maximum atomic E-state index is 12.3. The van der Waals surface area contributed by atoms with Gasteiger partial charge in [0, 0.05) is 13.1 Å². The molecule has 0 aliphatic carbocycles. The Hall–Kier alpha value is -1.50. The Labute approximate surface area is 121 Å². The highest BCUT2D eigenvalue weighted by Crippen LogP contribution is 2.25. The number of para-hydroxylation sites is 1. The lowest BCUT2D eigenvalue weighted by atomic mass is 10.2. The maximum Gasteiger partial charge on any atom is 0.243 e. The second-order valence-corrected chi connectivity index (χ2v) is 5.83. The SMILES string of the molecule is C[C@@H](C(=O)Nc1nc2ccccc2s1)N1CCOCC1. The molecule has 106 valence electrons. The van der Waals surface area contributed by atoms with E-state index in [0.29, 0.717) is 18.3 Å². The summed E-state index contributed by atoms with van der Waals surface area (Å²) in [5, 5.41) is 3.58. The van der Waals surface area contributed by atoms with Gasteiger partial charge < -0.3 is 10.1 Å². The molecule has 1 atom stereocenters. The number of fused-ring (bicyclic) bond motifs is 1. The lowest BCUT2D eigenvalue weighted by Crippen LogP contribution is -2.47. The number of carbonyl (C=O) groups excluding carboxylic acids is 1. The summed E-state index contributed by atoms with van der Waals surface area (Å²) in [5.74, 6) is -0.00837. The topological polar surface area (TPSA) is 54.5 Å². The van der Waals surface area contributed by atoms with Crippen LogP contribution < -0.4 is 5.32 Å². The number of anilines is 1. The van der Waals surface area contributed by atoms with Crippen molar-refractivity contribution in [2.45, 2.75) is 13.0 Å². The van der Waals surface area contributed by atoms with Crippen molar-refractivity contribution in [3.05, 3.63) is 24.3 Å². The lowest BCUT2D eigenvalue weighted by molar-refractivity contribution is -0.122. The minimum Gasteiger partial charge on any atom is -0.379 e. The minimum absolute atomic E-state index is 0.00837. The van der Waals surface area contributed by atoms with E-state index in [2.05, 4.69) is 15.2 Å². The van der Waals surface area contributed by atoms with Crippen molar-refractivity contribution in [3.63, 3.8) is 0 Å². The molecule has 0 spiro atoms. The molecule has 20 heavy (non-hydrogen) atoms.